The highest BCUT2D eigenvalue weighted by atomic mass is 16.5. The first-order valence-corrected chi connectivity index (χ1v) is 5.64. The zero-order valence-corrected chi connectivity index (χ0v) is 10.2. The summed E-state index contributed by atoms with van der Waals surface area (Å²) >= 11 is 0. The van der Waals surface area contributed by atoms with Crippen molar-refractivity contribution in [2.45, 2.75) is 53.5 Å². The Balaban J connectivity index is 0. The Morgan fingerprint density at radius 2 is 1.57 bits per heavy atom. The topological polar surface area (TPSA) is 38.3 Å². The standard InChI is InChI=1S/C7H13NO2.2C2H6/c1-6(9)8-7-2-4-10-5-3-7;2*1-2/h7H,2-5H2,1H3,(H,8,9);2*1-2H3. The molecule has 0 aromatic heterocycles. The van der Waals surface area contributed by atoms with Gasteiger partial charge in [-0.1, -0.05) is 27.7 Å². The molecule has 0 aromatic carbocycles. The van der Waals surface area contributed by atoms with E-state index < -0.39 is 0 Å². The van der Waals surface area contributed by atoms with Crippen LogP contribution in [-0.4, -0.2) is 25.2 Å². The number of ether oxygens (including phenoxy) is 1. The highest BCUT2D eigenvalue weighted by Crippen LogP contribution is 2.05. The van der Waals surface area contributed by atoms with Gasteiger partial charge in [-0.2, -0.15) is 0 Å². The normalized spacial score (nSPS) is 15.5. The Labute approximate surface area is 88.2 Å². The number of carbonyl (C=O) groups excluding carboxylic acids is 1. The Morgan fingerprint density at radius 3 is 1.93 bits per heavy atom. The predicted octanol–water partition coefficient (Wildman–Crippen LogP) is 2.35. The van der Waals surface area contributed by atoms with Gasteiger partial charge in [0, 0.05) is 26.2 Å². The van der Waals surface area contributed by atoms with Crippen LogP contribution in [0.3, 0.4) is 0 Å². The zero-order chi connectivity index (χ0) is 11.4. The summed E-state index contributed by atoms with van der Waals surface area (Å²) in [5.74, 6) is 0.0619. The third kappa shape index (κ3) is 9.52. The maximum atomic E-state index is 10.6. The number of rotatable bonds is 1. The van der Waals surface area contributed by atoms with Crippen LogP contribution in [0.4, 0.5) is 0 Å². The van der Waals surface area contributed by atoms with Gasteiger partial charge in [-0.05, 0) is 12.8 Å². The molecule has 0 aliphatic carbocycles. The summed E-state index contributed by atoms with van der Waals surface area (Å²) in [5, 5.41) is 2.86. The van der Waals surface area contributed by atoms with E-state index in [0.717, 1.165) is 26.1 Å². The van der Waals surface area contributed by atoms with E-state index in [9.17, 15) is 4.79 Å². The van der Waals surface area contributed by atoms with Crippen LogP contribution in [0.25, 0.3) is 0 Å². The van der Waals surface area contributed by atoms with Crippen molar-refractivity contribution in [2.75, 3.05) is 13.2 Å². The fraction of sp³-hybridized carbons (Fsp3) is 0.909. The van der Waals surface area contributed by atoms with Crippen molar-refractivity contribution in [2.24, 2.45) is 0 Å². The number of hydrogen-bond donors (Lipinski definition) is 1. The van der Waals surface area contributed by atoms with Gasteiger partial charge in [0.25, 0.3) is 0 Å². The van der Waals surface area contributed by atoms with Crippen molar-refractivity contribution in [3.05, 3.63) is 0 Å². The van der Waals surface area contributed by atoms with E-state index in [4.69, 9.17) is 4.74 Å². The van der Waals surface area contributed by atoms with Crippen LogP contribution in [0.15, 0.2) is 0 Å². The number of nitrogens with one attached hydrogen (secondary N) is 1. The maximum Gasteiger partial charge on any atom is 0.217 e. The SMILES string of the molecule is CC.CC.CC(=O)NC1CCOCC1. The molecule has 0 spiro atoms. The van der Waals surface area contributed by atoms with Gasteiger partial charge in [-0.3, -0.25) is 4.79 Å². The average Bonchev–Trinajstić information content (AvgIpc) is 2.24. The lowest BCUT2D eigenvalue weighted by molar-refractivity contribution is -0.120. The molecule has 1 N–H and O–H groups in total. The molecule has 1 aliphatic rings. The first kappa shape index (κ1) is 15.9. The minimum Gasteiger partial charge on any atom is -0.381 e. The number of carbonyl (C=O) groups is 1. The molecule has 0 atom stereocenters. The predicted molar refractivity (Wildman–Crippen MR) is 60.4 cm³/mol. The van der Waals surface area contributed by atoms with Crippen LogP contribution < -0.4 is 5.32 Å². The van der Waals surface area contributed by atoms with Gasteiger partial charge in [-0.15, -0.1) is 0 Å². The second kappa shape index (κ2) is 12.4. The summed E-state index contributed by atoms with van der Waals surface area (Å²) in [5.41, 5.74) is 0. The molecule has 1 heterocycles. The van der Waals surface area contributed by atoms with Crippen LogP contribution in [-0.2, 0) is 9.53 Å². The molecule has 14 heavy (non-hydrogen) atoms. The number of amides is 1. The molecule has 3 heteroatoms. The lowest BCUT2D eigenvalue weighted by Crippen LogP contribution is -2.37. The van der Waals surface area contributed by atoms with Crippen molar-refractivity contribution in [3.8, 4) is 0 Å². The molecule has 0 unspecified atom stereocenters. The Bertz CT molecular complexity index is 120. The minimum atomic E-state index is 0.0619. The van der Waals surface area contributed by atoms with Gasteiger partial charge in [0.1, 0.15) is 0 Å². The average molecular weight is 203 g/mol. The molecule has 1 fully saturated rings. The monoisotopic (exact) mass is 203 g/mol. The van der Waals surface area contributed by atoms with E-state index >= 15 is 0 Å². The van der Waals surface area contributed by atoms with E-state index in [1.165, 1.54) is 0 Å². The van der Waals surface area contributed by atoms with Crippen LogP contribution >= 0.6 is 0 Å². The first-order chi connectivity index (χ1) is 6.79. The van der Waals surface area contributed by atoms with Crippen LogP contribution in [0.1, 0.15) is 47.5 Å². The molecule has 0 aromatic rings. The summed E-state index contributed by atoms with van der Waals surface area (Å²) in [4.78, 5) is 10.6. The minimum absolute atomic E-state index is 0.0619. The van der Waals surface area contributed by atoms with Crippen molar-refractivity contribution in [1.29, 1.82) is 0 Å². The first-order valence-electron chi connectivity index (χ1n) is 5.64. The second-order valence-corrected chi connectivity index (χ2v) is 2.59. The maximum absolute atomic E-state index is 10.6. The molecule has 1 amide bonds. The molecule has 86 valence electrons. The van der Waals surface area contributed by atoms with Crippen LogP contribution in [0, 0.1) is 0 Å². The summed E-state index contributed by atoms with van der Waals surface area (Å²) in [7, 11) is 0. The molecule has 0 bridgehead atoms. The smallest absolute Gasteiger partial charge is 0.217 e. The van der Waals surface area contributed by atoms with Crippen molar-refractivity contribution in [3.63, 3.8) is 0 Å². The third-order valence-electron chi connectivity index (χ3n) is 1.63. The lowest BCUT2D eigenvalue weighted by Gasteiger charge is -2.22. The van der Waals surface area contributed by atoms with E-state index in [-0.39, 0.29) is 5.91 Å². The van der Waals surface area contributed by atoms with Crippen molar-refractivity contribution < 1.29 is 9.53 Å². The van der Waals surface area contributed by atoms with Crippen LogP contribution in [0.5, 0.6) is 0 Å². The molecular weight excluding hydrogens is 178 g/mol. The summed E-state index contributed by atoms with van der Waals surface area (Å²) in [6.45, 7) is 11.1. The molecule has 1 saturated heterocycles. The van der Waals surface area contributed by atoms with Gasteiger partial charge in [0.15, 0.2) is 0 Å². The number of hydrogen-bond acceptors (Lipinski definition) is 2. The summed E-state index contributed by atoms with van der Waals surface area (Å²) in [6, 6.07) is 0.353. The fourth-order valence-electron chi connectivity index (χ4n) is 1.13. The molecule has 3 nitrogen and oxygen atoms in total. The van der Waals surface area contributed by atoms with Gasteiger partial charge in [-0.25, -0.2) is 0 Å². The van der Waals surface area contributed by atoms with Gasteiger partial charge in [0.05, 0.1) is 0 Å². The lowest BCUT2D eigenvalue weighted by atomic mass is 10.1. The fourth-order valence-corrected chi connectivity index (χ4v) is 1.13. The Hall–Kier alpha value is -0.570. The summed E-state index contributed by atoms with van der Waals surface area (Å²) in [6.07, 6.45) is 1.92. The van der Waals surface area contributed by atoms with Crippen LogP contribution in [0.2, 0.25) is 0 Å². The molecule has 1 aliphatic heterocycles. The van der Waals surface area contributed by atoms with Gasteiger partial charge < -0.3 is 10.1 Å². The second-order valence-electron chi connectivity index (χ2n) is 2.59. The summed E-state index contributed by atoms with van der Waals surface area (Å²) < 4.78 is 5.13. The van der Waals surface area contributed by atoms with E-state index in [1.54, 1.807) is 6.92 Å². The third-order valence-corrected chi connectivity index (χ3v) is 1.63. The van der Waals surface area contributed by atoms with E-state index in [1.807, 2.05) is 27.7 Å². The highest BCUT2D eigenvalue weighted by molar-refractivity contribution is 5.73. The highest BCUT2D eigenvalue weighted by Gasteiger charge is 2.13. The quantitative estimate of drug-likeness (QED) is 0.710. The van der Waals surface area contributed by atoms with Gasteiger partial charge in [0.2, 0.25) is 5.91 Å². The molecular formula is C11H25NO2. The van der Waals surface area contributed by atoms with Crippen molar-refractivity contribution in [1.82, 2.24) is 5.32 Å². The van der Waals surface area contributed by atoms with E-state index in [2.05, 4.69) is 5.32 Å². The van der Waals surface area contributed by atoms with E-state index in [0.29, 0.717) is 6.04 Å². The Morgan fingerprint density at radius 1 is 1.14 bits per heavy atom. The molecule has 0 saturated carbocycles. The van der Waals surface area contributed by atoms with Gasteiger partial charge >= 0.3 is 0 Å². The molecule has 1 rings (SSSR count). The Kier molecular flexibility index (Phi) is 14.1. The largest absolute Gasteiger partial charge is 0.381 e. The van der Waals surface area contributed by atoms with Crippen molar-refractivity contribution >= 4 is 5.91 Å². The zero-order valence-electron chi connectivity index (χ0n) is 10.2. The molecule has 0 radical (unpaired) electrons.